The van der Waals surface area contributed by atoms with E-state index >= 15 is 0 Å². The van der Waals surface area contributed by atoms with Gasteiger partial charge in [-0.15, -0.1) is 0 Å². The predicted molar refractivity (Wildman–Crippen MR) is 66.4 cm³/mol. The van der Waals surface area contributed by atoms with Crippen LogP contribution in [0.15, 0.2) is 4.99 Å². The second-order valence-electron chi connectivity index (χ2n) is 4.19. The Bertz CT molecular complexity index is 365. The van der Waals surface area contributed by atoms with Crippen LogP contribution in [0.4, 0.5) is 0 Å². The van der Waals surface area contributed by atoms with Crippen molar-refractivity contribution in [3.05, 3.63) is 0 Å². The summed E-state index contributed by atoms with van der Waals surface area (Å²) in [5, 5.41) is 13.1. The smallest absolute Gasteiger partial charge is 0.846 e. The van der Waals surface area contributed by atoms with E-state index in [1.807, 2.05) is 13.8 Å². The van der Waals surface area contributed by atoms with Gasteiger partial charge in [-0.2, -0.15) is 0 Å². The first-order valence-electron chi connectivity index (χ1n) is 5.81. The summed E-state index contributed by atoms with van der Waals surface area (Å²) in [6.07, 6.45) is 2.02. The van der Waals surface area contributed by atoms with Gasteiger partial charge in [0.25, 0.3) is 5.91 Å². The van der Waals surface area contributed by atoms with Gasteiger partial charge in [-0.3, -0.25) is 14.2 Å². The number of nitrogens with one attached hydrogen (secondary N) is 1. The average molecular weight is 296 g/mol. The molecule has 2 atom stereocenters. The minimum Gasteiger partial charge on any atom is -0.846 e. The molecule has 1 rings (SSSR count). The van der Waals surface area contributed by atoms with Crippen molar-refractivity contribution >= 4 is 27.0 Å². The van der Waals surface area contributed by atoms with E-state index in [1.54, 1.807) is 16.0 Å². The van der Waals surface area contributed by atoms with Crippen LogP contribution in [0.25, 0.3) is 0 Å². The van der Waals surface area contributed by atoms with Crippen LogP contribution < -0.4 is 40.0 Å². The Kier molecular flexibility index (Phi) is 10.6. The fourth-order valence-electron chi connectivity index (χ4n) is 2.30. The molecule has 8 heteroatoms. The molecule has 0 bridgehead atoms. The van der Waals surface area contributed by atoms with Crippen molar-refractivity contribution in [2.24, 2.45) is 16.3 Å². The fourth-order valence-corrected chi connectivity index (χ4v) is 2.30. The number of aliphatic imine (C=N–C) groups is 1. The van der Waals surface area contributed by atoms with Gasteiger partial charge in [0.2, 0.25) is 5.91 Å². The van der Waals surface area contributed by atoms with E-state index in [4.69, 9.17) is 4.57 Å². The zero-order chi connectivity index (χ0) is 14.3. The van der Waals surface area contributed by atoms with Gasteiger partial charge < -0.3 is 10.4 Å². The van der Waals surface area contributed by atoms with Crippen molar-refractivity contribution in [2.75, 3.05) is 0 Å². The summed E-state index contributed by atoms with van der Waals surface area (Å²) in [6.45, 7) is 5.62. The van der Waals surface area contributed by atoms with Gasteiger partial charge in [0.05, 0.1) is 6.02 Å². The van der Waals surface area contributed by atoms with E-state index in [2.05, 4.69) is 10.3 Å². The molecule has 0 fully saturated rings. The third-order valence-corrected chi connectivity index (χ3v) is 3.33. The second-order valence-corrected chi connectivity index (χ2v) is 4.19. The molecule has 2 amide bonds. The number of amides is 2. The van der Waals surface area contributed by atoms with E-state index in [0.29, 0.717) is 6.42 Å². The van der Waals surface area contributed by atoms with Crippen molar-refractivity contribution in [3.63, 3.8) is 0 Å². The van der Waals surface area contributed by atoms with Crippen LogP contribution in [0.1, 0.15) is 40.0 Å². The molecule has 6 nitrogen and oxygen atoms in total. The average Bonchev–Trinajstić information content (AvgIpc) is 2.32. The van der Waals surface area contributed by atoms with Crippen LogP contribution in [0, 0.1) is 11.3 Å². The molecule has 0 spiro atoms. The zero-order valence-corrected chi connectivity index (χ0v) is 14.8. The fraction of sp³-hybridized carbons (Fsp3) is 0.727. The summed E-state index contributed by atoms with van der Waals surface area (Å²) in [4.78, 5) is 27.1. The molecule has 1 N–H and O–H groups in total. The summed E-state index contributed by atoms with van der Waals surface area (Å²) >= 11 is 0. The molecule has 0 aromatic rings. The summed E-state index contributed by atoms with van der Waals surface area (Å²) in [5.74, 6) is -1.20. The van der Waals surface area contributed by atoms with Gasteiger partial charge in [0.1, 0.15) is 14.5 Å². The van der Waals surface area contributed by atoms with Gasteiger partial charge >= 0.3 is 29.6 Å². The molecule has 1 aliphatic rings. The van der Waals surface area contributed by atoms with E-state index in [1.165, 1.54) is 0 Å². The largest absolute Gasteiger partial charge is 1.00 e. The number of rotatable bonds is 4. The molecule has 102 valence electrons. The molecule has 0 saturated carbocycles. The van der Waals surface area contributed by atoms with Crippen LogP contribution >= 0.6 is 9.12 Å². The first kappa shape index (κ1) is 21.0. The van der Waals surface area contributed by atoms with Crippen LogP contribution in [-0.2, 0) is 14.2 Å². The number of nitrogens with zero attached hydrogens (tertiary/aromatic N) is 1. The SMILES string of the molecule is CCCC(C)C1(CC)C(=O)N=C([O-])NC1=O.O=P.[Na+]. The minimum atomic E-state index is -1.15. The maximum atomic E-state index is 11.9. The predicted octanol–water partition coefficient (Wildman–Crippen LogP) is -2.33. The van der Waals surface area contributed by atoms with Crippen molar-refractivity contribution in [1.82, 2.24) is 5.32 Å². The van der Waals surface area contributed by atoms with Gasteiger partial charge in [0.15, 0.2) is 0 Å². The maximum absolute atomic E-state index is 11.9. The maximum Gasteiger partial charge on any atom is 1.00 e. The number of carbonyl (C=O) groups is 2. The van der Waals surface area contributed by atoms with Crippen LogP contribution in [0.5, 0.6) is 0 Å². The Morgan fingerprint density at radius 2 is 1.89 bits per heavy atom. The van der Waals surface area contributed by atoms with Crippen LogP contribution in [0.2, 0.25) is 0 Å². The number of amidine groups is 1. The number of carbonyl (C=O) groups excluding carboxylic acids is 2. The van der Waals surface area contributed by atoms with Crippen LogP contribution in [0.3, 0.4) is 0 Å². The molecule has 2 unspecified atom stereocenters. The van der Waals surface area contributed by atoms with Gasteiger partial charge in [0, 0.05) is 0 Å². The van der Waals surface area contributed by atoms with E-state index in [0.717, 1.165) is 12.8 Å². The Labute approximate surface area is 137 Å². The van der Waals surface area contributed by atoms with Crippen molar-refractivity contribution < 1.29 is 48.8 Å². The number of hydrogen-bond acceptors (Lipinski definition) is 4. The third-order valence-electron chi connectivity index (χ3n) is 3.33. The molecule has 1 heterocycles. The molecule has 0 aromatic heterocycles. The van der Waals surface area contributed by atoms with E-state index in [-0.39, 0.29) is 35.5 Å². The second kappa shape index (κ2) is 9.59. The molecule has 19 heavy (non-hydrogen) atoms. The third kappa shape index (κ3) is 4.35. The standard InChI is InChI=1S/C11H18N2O3.Na.HOP/c1-4-6-7(3)11(5-2)8(14)12-10(16)13-9(11)15;;1-2/h7H,4-6H2,1-3H3,(H2,12,13,14,15,16);;2H/q;+1;/p-1. The normalized spacial score (nSPS) is 23.2. The van der Waals surface area contributed by atoms with Gasteiger partial charge in [-0.05, 0) is 18.8 Å². The summed E-state index contributed by atoms with van der Waals surface area (Å²) < 4.78 is 8.06. The number of hydrogen-bond donors (Lipinski definition) is 1. The first-order chi connectivity index (χ1) is 8.48. The minimum absolute atomic E-state index is 0. The molecule has 0 aromatic carbocycles. The first-order valence-corrected chi connectivity index (χ1v) is 6.21. The summed E-state index contributed by atoms with van der Waals surface area (Å²) in [5.41, 5.74) is -1.15. The van der Waals surface area contributed by atoms with Crippen LogP contribution in [-0.4, -0.2) is 17.8 Å². The summed E-state index contributed by atoms with van der Waals surface area (Å²) in [6, 6.07) is -0.845. The molecule has 0 saturated heterocycles. The Balaban J connectivity index is 0. The summed E-state index contributed by atoms with van der Waals surface area (Å²) in [7, 11) is 1.72. The molecular weight excluding hydrogens is 278 g/mol. The van der Waals surface area contributed by atoms with Crippen molar-refractivity contribution in [3.8, 4) is 0 Å². The van der Waals surface area contributed by atoms with E-state index < -0.39 is 23.3 Å². The molecule has 1 aliphatic heterocycles. The molecular formula is C11H18N2NaO4P. The van der Waals surface area contributed by atoms with Crippen molar-refractivity contribution in [1.29, 1.82) is 0 Å². The Morgan fingerprint density at radius 1 is 1.37 bits per heavy atom. The van der Waals surface area contributed by atoms with Gasteiger partial charge in [-0.25, -0.2) is 4.99 Å². The molecule has 0 aliphatic carbocycles. The molecule has 0 radical (unpaired) electrons. The monoisotopic (exact) mass is 296 g/mol. The topological polar surface area (TPSA) is 98.7 Å². The Morgan fingerprint density at radius 3 is 2.26 bits per heavy atom. The Hall–Kier alpha value is -0.290. The van der Waals surface area contributed by atoms with E-state index in [9.17, 15) is 14.7 Å². The van der Waals surface area contributed by atoms with Crippen molar-refractivity contribution in [2.45, 2.75) is 40.0 Å². The quantitative estimate of drug-likeness (QED) is 0.357. The van der Waals surface area contributed by atoms with Gasteiger partial charge in [-0.1, -0.05) is 27.2 Å². The zero-order valence-electron chi connectivity index (χ0n) is 11.8.